The molecule has 0 radical (unpaired) electrons. The molecule has 0 aliphatic carbocycles. The Bertz CT molecular complexity index is 461. The zero-order valence-corrected chi connectivity index (χ0v) is 12.6. The first-order valence-electron chi connectivity index (χ1n) is 7.08. The third kappa shape index (κ3) is 4.00. The molecule has 6 nitrogen and oxygen atoms in total. The zero-order valence-electron chi connectivity index (χ0n) is 11.7. The highest BCUT2D eigenvalue weighted by Crippen LogP contribution is 2.27. The van der Waals surface area contributed by atoms with Gasteiger partial charge in [-0.1, -0.05) is 32.3 Å². The van der Waals surface area contributed by atoms with Gasteiger partial charge in [-0.05, 0) is 12.8 Å². The van der Waals surface area contributed by atoms with Crippen molar-refractivity contribution in [2.75, 3.05) is 19.7 Å². The minimum Gasteiger partial charge on any atom is -0.475 e. The minimum atomic E-state index is 0.487. The molecular formula is C13H20N4O2S. The highest BCUT2D eigenvalue weighted by atomic mass is 32.1. The van der Waals surface area contributed by atoms with Crippen molar-refractivity contribution in [3.8, 4) is 5.88 Å². The average Bonchev–Trinajstić information content (AvgIpc) is 2.95. The van der Waals surface area contributed by atoms with Crippen molar-refractivity contribution in [2.24, 2.45) is 5.29 Å². The molecule has 1 aromatic rings. The third-order valence-corrected chi connectivity index (χ3v) is 3.76. The number of nitroso groups, excluding NO2 is 1. The first-order chi connectivity index (χ1) is 9.85. The number of aromatic nitrogens is 2. The van der Waals surface area contributed by atoms with Crippen LogP contribution in [-0.2, 0) is 0 Å². The number of nitrogens with zero attached hydrogens (tertiary/aromatic N) is 4. The van der Waals surface area contributed by atoms with Gasteiger partial charge in [0.2, 0.25) is 0 Å². The van der Waals surface area contributed by atoms with Crippen molar-refractivity contribution < 1.29 is 4.74 Å². The molecule has 0 atom stereocenters. The summed E-state index contributed by atoms with van der Waals surface area (Å²) in [7, 11) is 0. The molecule has 1 aromatic heterocycles. The van der Waals surface area contributed by atoms with Crippen LogP contribution in [0.2, 0.25) is 0 Å². The summed E-state index contributed by atoms with van der Waals surface area (Å²) in [5, 5.41) is 4.49. The fraction of sp³-hybridized carbons (Fsp3) is 0.692. The standard InChI is InChI=1S/C13H20N4O2S/c1-2-3-4-5-9-19-13-12(14-20-15-13)11-7-6-8-17(10-11)16-18/h7H,2-6,8-10H2,1H3. The Kier molecular flexibility index (Phi) is 5.91. The molecular weight excluding hydrogens is 276 g/mol. The second kappa shape index (κ2) is 7.94. The maximum absolute atomic E-state index is 10.6. The largest absolute Gasteiger partial charge is 0.475 e. The molecule has 0 amide bonds. The van der Waals surface area contributed by atoms with E-state index in [4.69, 9.17) is 4.74 Å². The molecule has 0 N–H and O–H groups in total. The van der Waals surface area contributed by atoms with Crippen molar-refractivity contribution in [3.63, 3.8) is 0 Å². The lowest BCUT2D eigenvalue weighted by Gasteiger charge is -2.20. The molecule has 0 aromatic carbocycles. The lowest BCUT2D eigenvalue weighted by Crippen LogP contribution is -2.24. The lowest BCUT2D eigenvalue weighted by atomic mass is 10.1. The summed E-state index contributed by atoms with van der Waals surface area (Å²) >= 11 is 1.14. The van der Waals surface area contributed by atoms with Crippen molar-refractivity contribution in [3.05, 3.63) is 16.7 Å². The van der Waals surface area contributed by atoms with Gasteiger partial charge in [0.05, 0.1) is 30.2 Å². The first-order valence-corrected chi connectivity index (χ1v) is 7.81. The third-order valence-electron chi connectivity index (χ3n) is 3.25. The second-order valence-electron chi connectivity index (χ2n) is 4.81. The van der Waals surface area contributed by atoms with Crippen LogP contribution in [0.5, 0.6) is 5.88 Å². The van der Waals surface area contributed by atoms with Gasteiger partial charge in [0, 0.05) is 12.1 Å². The number of hydrogen-bond acceptors (Lipinski definition) is 6. The topological polar surface area (TPSA) is 67.7 Å². The molecule has 0 fully saturated rings. The van der Waals surface area contributed by atoms with Gasteiger partial charge in [0.15, 0.2) is 0 Å². The molecule has 2 rings (SSSR count). The number of rotatable bonds is 8. The summed E-state index contributed by atoms with van der Waals surface area (Å²) in [6.45, 7) is 4.01. The summed E-state index contributed by atoms with van der Waals surface area (Å²) in [4.78, 5) is 10.6. The van der Waals surface area contributed by atoms with E-state index >= 15 is 0 Å². The van der Waals surface area contributed by atoms with Gasteiger partial charge in [-0.3, -0.25) is 5.01 Å². The minimum absolute atomic E-state index is 0.487. The molecule has 0 saturated carbocycles. The lowest BCUT2D eigenvalue weighted by molar-refractivity contribution is 0.292. The van der Waals surface area contributed by atoms with E-state index < -0.39 is 0 Å². The Labute approximate surface area is 123 Å². The van der Waals surface area contributed by atoms with E-state index in [-0.39, 0.29) is 0 Å². The molecule has 2 heterocycles. The smallest absolute Gasteiger partial charge is 0.253 e. The van der Waals surface area contributed by atoms with E-state index in [9.17, 15) is 4.91 Å². The van der Waals surface area contributed by atoms with Gasteiger partial charge < -0.3 is 4.74 Å². The predicted molar refractivity (Wildman–Crippen MR) is 79.5 cm³/mol. The molecule has 1 aliphatic heterocycles. The van der Waals surface area contributed by atoms with Crippen LogP contribution in [0.1, 0.15) is 44.7 Å². The Balaban J connectivity index is 1.91. The van der Waals surface area contributed by atoms with E-state index in [0.717, 1.165) is 35.8 Å². The molecule has 7 heteroatoms. The zero-order chi connectivity index (χ0) is 14.2. The summed E-state index contributed by atoms with van der Waals surface area (Å²) in [5.74, 6) is 0.588. The van der Waals surface area contributed by atoms with E-state index in [1.54, 1.807) is 0 Å². The summed E-state index contributed by atoms with van der Waals surface area (Å²) in [6, 6.07) is 0. The van der Waals surface area contributed by atoms with Crippen LogP contribution >= 0.6 is 11.7 Å². The van der Waals surface area contributed by atoms with Crippen LogP contribution in [-0.4, -0.2) is 33.5 Å². The van der Waals surface area contributed by atoms with E-state index in [0.29, 0.717) is 25.6 Å². The fourth-order valence-corrected chi connectivity index (χ4v) is 2.67. The van der Waals surface area contributed by atoms with Crippen molar-refractivity contribution in [1.29, 1.82) is 0 Å². The van der Waals surface area contributed by atoms with Gasteiger partial charge in [-0.25, -0.2) is 0 Å². The van der Waals surface area contributed by atoms with Gasteiger partial charge in [0.25, 0.3) is 5.88 Å². The second-order valence-corrected chi connectivity index (χ2v) is 5.34. The highest BCUT2D eigenvalue weighted by Gasteiger charge is 2.20. The number of hydrogen-bond donors (Lipinski definition) is 0. The molecule has 0 bridgehead atoms. The van der Waals surface area contributed by atoms with E-state index in [2.05, 4.69) is 27.0 Å². The first kappa shape index (κ1) is 14.9. The van der Waals surface area contributed by atoms with Gasteiger partial charge in [-0.15, -0.1) is 9.28 Å². The maximum Gasteiger partial charge on any atom is 0.253 e. The van der Waals surface area contributed by atoms with Gasteiger partial charge in [-0.2, -0.15) is 4.37 Å². The Hall–Kier alpha value is -1.50. The van der Waals surface area contributed by atoms with Crippen molar-refractivity contribution in [2.45, 2.75) is 39.0 Å². The molecule has 0 saturated heterocycles. The average molecular weight is 296 g/mol. The quantitative estimate of drug-likeness (QED) is 0.544. The Morgan fingerprint density at radius 3 is 3.10 bits per heavy atom. The Morgan fingerprint density at radius 1 is 1.40 bits per heavy atom. The van der Waals surface area contributed by atoms with E-state index in [1.807, 2.05) is 0 Å². The van der Waals surface area contributed by atoms with Crippen molar-refractivity contribution >= 4 is 17.3 Å². The van der Waals surface area contributed by atoms with Crippen LogP contribution in [0.3, 0.4) is 0 Å². The number of unbranched alkanes of at least 4 members (excludes halogenated alkanes) is 3. The van der Waals surface area contributed by atoms with Crippen molar-refractivity contribution in [1.82, 2.24) is 13.8 Å². The van der Waals surface area contributed by atoms with Crippen LogP contribution in [0.25, 0.3) is 5.57 Å². The van der Waals surface area contributed by atoms with Crippen LogP contribution < -0.4 is 4.74 Å². The maximum atomic E-state index is 10.6. The molecule has 110 valence electrons. The fourth-order valence-electron chi connectivity index (χ4n) is 2.14. The normalized spacial score (nSPS) is 15.1. The SMILES string of the molecule is CCCCCCOc1nsnc1C1=CCCN(N=O)C1. The Morgan fingerprint density at radius 2 is 2.30 bits per heavy atom. The molecule has 0 spiro atoms. The van der Waals surface area contributed by atoms with Gasteiger partial charge in [0.1, 0.15) is 5.69 Å². The van der Waals surface area contributed by atoms with E-state index in [1.165, 1.54) is 24.3 Å². The summed E-state index contributed by atoms with van der Waals surface area (Å²) in [6.07, 6.45) is 7.54. The van der Waals surface area contributed by atoms with Crippen LogP contribution in [0.15, 0.2) is 11.4 Å². The summed E-state index contributed by atoms with van der Waals surface area (Å²) < 4.78 is 14.2. The number of ether oxygens (including phenoxy) is 1. The van der Waals surface area contributed by atoms with Crippen LogP contribution in [0, 0.1) is 4.91 Å². The van der Waals surface area contributed by atoms with Gasteiger partial charge >= 0.3 is 0 Å². The highest BCUT2D eigenvalue weighted by molar-refractivity contribution is 6.99. The van der Waals surface area contributed by atoms with Crippen LogP contribution in [0.4, 0.5) is 0 Å². The monoisotopic (exact) mass is 296 g/mol. The summed E-state index contributed by atoms with van der Waals surface area (Å²) in [5.41, 5.74) is 1.74. The molecule has 1 aliphatic rings. The molecule has 20 heavy (non-hydrogen) atoms. The molecule has 0 unspecified atom stereocenters. The predicted octanol–water partition coefficient (Wildman–Crippen LogP) is 3.27.